The zero-order valence-corrected chi connectivity index (χ0v) is 39.4. The molecule has 3 fully saturated rings. The number of likely N-dealkylation sites (N-methyl/N-ethyl adjacent to an activating group) is 1. The van der Waals surface area contributed by atoms with E-state index in [1.807, 2.05) is 21.1 Å². The summed E-state index contributed by atoms with van der Waals surface area (Å²) in [6.07, 6.45) is 18.9. The zero-order chi connectivity index (χ0) is 43.4. The van der Waals surface area contributed by atoms with E-state index in [2.05, 4.69) is 47.6 Å². The molecule has 0 saturated heterocycles. The highest BCUT2D eigenvalue weighted by molar-refractivity contribution is 7.47. The fraction of sp³-hybridized carbons (Fsp3) is 0.894. The van der Waals surface area contributed by atoms with E-state index in [1.54, 1.807) is 0 Å². The van der Waals surface area contributed by atoms with Crippen LogP contribution in [0.2, 0.25) is 0 Å². The van der Waals surface area contributed by atoms with Crippen LogP contribution in [0.25, 0.3) is 0 Å². The lowest BCUT2D eigenvalue weighted by molar-refractivity contribution is -0.870. The summed E-state index contributed by atoms with van der Waals surface area (Å²) in [7, 11) is 1.30. The normalized spacial score (nSPS) is 29.9. The van der Waals surface area contributed by atoms with Crippen molar-refractivity contribution >= 4 is 25.7 Å². The molecule has 0 aliphatic heterocycles. The molecule has 0 spiro atoms. The molecule has 0 aromatic rings. The summed E-state index contributed by atoms with van der Waals surface area (Å²) in [4.78, 5) is 48.7. The van der Waals surface area contributed by atoms with Gasteiger partial charge in [-0.1, -0.05) is 98.1 Å². The van der Waals surface area contributed by atoms with Gasteiger partial charge >= 0.3 is 25.7 Å². The zero-order valence-electron chi connectivity index (χ0n) is 38.5. The number of rotatable bonds is 25. The molecule has 4 aliphatic carbocycles. The molecule has 340 valence electrons. The Kier molecular flexibility index (Phi) is 19.0. The van der Waals surface area contributed by atoms with Gasteiger partial charge in [-0.15, -0.1) is 0 Å². The molecule has 0 bridgehead atoms. The molecule has 3 saturated carbocycles. The molecule has 0 aromatic heterocycles. The van der Waals surface area contributed by atoms with E-state index in [1.165, 1.54) is 50.5 Å². The first-order valence-corrected chi connectivity index (χ1v) is 24.9. The summed E-state index contributed by atoms with van der Waals surface area (Å²) in [5.74, 6) is 2.99. The second-order valence-corrected chi connectivity index (χ2v) is 22.2. The van der Waals surface area contributed by atoms with Crippen LogP contribution in [0, 0.1) is 46.3 Å². The Morgan fingerprint density at radius 2 is 1.58 bits per heavy atom. The number of hydrogen-bond acceptors (Lipinski definition) is 9. The molecule has 2 unspecified atom stereocenters. The molecule has 0 heterocycles. The Labute approximate surface area is 357 Å². The van der Waals surface area contributed by atoms with Crippen molar-refractivity contribution in [1.82, 2.24) is 0 Å². The fourth-order valence-electron chi connectivity index (χ4n) is 11.3. The van der Waals surface area contributed by atoms with Gasteiger partial charge in [-0.3, -0.25) is 23.4 Å². The molecule has 4 aliphatic rings. The highest BCUT2D eigenvalue weighted by atomic mass is 31.2. The van der Waals surface area contributed by atoms with Crippen molar-refractivity contribution in [2.24, 2.45) is 46.3 Å². The maximum Gasteiger partial charge on any atom is 0.472 e. The van der Waals surface area contributed by atoms with Gasteiger partial charge in [0.2, 0.25) is 0 Å². The van der Waals surface area contributed by atoms with Crippen LogP contribution in [0.3, 0.4) is 0 Å². The van der Waals surface area contributed by atoms with Crippen LogP contribution in [0.4, 0.5) is 0 Å². The second-order valence-electron chi connectivity index (χ2n) is 20.7. The monoisotopic (exact) mass is 853 g/mol. The van der Waals surface area contributed by atoms with Crippen LogP contribution >= 0.6 is 7.82 Å². The number of carbonyl (C=O) groups excluding carboxylic acids is 3. The predicted molar refractivity (Wildman–Crippen MR) is 231 cm³/mol. The average Bonchev–Trinajstić information content (AvgIpc) is 3.51. The number of quaternary nitrogens is 1. The Morgan fingerprint density at radius 3 is 2.29 bits per heavy atom. The summed E-state index contributed by atoms with van der Waals surface area (Å²) < 4.78 is 40.2. The average molecular weight is 853 g/mol. The third-order valence-electron chi connectivity index (χ3n) is 14.7. The van der Waals surface area contributed by atoms with Crippen LogP contribution in [0.15, 0.2) is 11.6 Å². The van der Waals surface area contributed by atoms with Gasteiger partial charge in [0.1, 0.15) is 25.9 Å². The molecule has 12 heteroatoms. The third kappa shape index (κ3) is 14.9. The number of fused-ring (bicyclic) bond motifs is 5. The van der Waals surface area contributed by atoms with Crippen LogP contribution in [0.5, 0.6) is 0 Å². The van der Waals surface area contributed by atoms with E-state index in [0.717, 1.165) is 81.0 Å². The molecule has 10 atom stereocenters. The minimum Gasteiger partial charge on any atom is -0.462 e. The lowest BCUT2D eigenvalue weighted by Gasteiger charge is -2.58. The molecular formula is C47H83NO10P+. The van der Waals surface area contributed by atoms with E-state index in [-0.39, 0.29) is 44.0 Å². The second kappa shape index (κ2) is 22.5. The van der Waals surface area contributed by atoms with Gasteiger partial charge in [0.25, 0.3) is 0 Å². The molecule has 59 heavy (non-hydrogen) atoms. The van der Waals surface area contributed by atoms with Gasteiger partial charge in [0.15, 0.2) is 6.10 Å². The van der Waals surface area contributed by atoms with Crippen molar-refractivity contribution in [3.8, 4) is 0 Å². The predicted octanol–water partition coefficient (Wildman–Crippen LogP) is 10.4. The molecule has 11 nitrogen and oxygen atoms in total. The number of phosphoric ester groups is 1. The number of allylic oxidation sites excluding steroid dienone is 1. The summed E-state index contributed by atoms with van der Waals surface area (Å²) in [6.45, 7) is 14.0. The Bertz CT molecular complexity index is 1440. The van der Waals surface area contributed by atoms with Crippen molar-refractivity contribution in [1.29, 1.82) is 0 Å². The van der Waals surface area contributed by atoms with Crippen molar-refractivity contribution in [3.05, 3.63) is 11.6 Å². The van der Waals surface area contributed by atoms with Crippen molar-refractivity contribution in [2.75, 3.05) is 47.5 Å². The SMILES string of the molecule is CCCCCCCC(=O)OCC(COP(=O)(O)OCC[N+](C)(C)C)OC(=O)CCC(=O)O[C@H]1CC[C@@]2(C)C(=CC[C@H]3[C@@H]4CC[C@H]([C@H](C)CCCC(C)C)[C@@]4(C)CC[C@@H]32)C1. The van der Waals surface area contributed by atoms with Gasteiger partial charge in [-0.2, -0.15) is 0 Å². The number of ether oxygens (including phenoxy) is 3. The van der Waals surface area contributed by atoms with E-state index in [0.29, 0.717) is 28.8 Å². The largest absolute Gasteiger partial charge is 0.472 e. The summed E-state index contributed by atoms with van der Waals surface area (Å²) in [5, 5.41) is 0. The topological polar surface area (TPSA) is 135 Å². The Hall–Kier alpha value is -1.78. The summed E-state index contributed by atoms with van der Waals surface area (Å²) in [6, 6.07) is 0. The smallest absolute Gasteiger partial charge is 0.462 e. The van der Waals surface area contributed by atoms with E-state index < -0.39 is 38.4 Å². The minimum atomic E-state index is -4.47. The standard InChI is InChI=1S/C47H82NO10P/c1-10-11-12-13-14-18-43(49)54-32-38(33-56-59(52,53)55-30-29-48(7,8)9)58-45(51)24-23-44(50)57-37-25-27-46(5)36(31-37)19-20-39-41-22-21-40(35(4)17-15-16-34(2)3)47(41,6)28-26-42(39)46/h19,34-35,37-42H,10-18,20-33H2,1-9H3/p+1/t35-,37+,38?,39+,40-,41+,42+,46+,47-/m1/s1. The maximum absolute atomic E-state index is 13.1. The first-order valence-electron chi connectivity index (χ1n) is 23.4. The van der Waals surface area contributed by atoms with Gasteiger partial charge in [0, 0.05) is 12.8 Å². The maximum atomic E-state index is 13.1. The third-order valence-corrected chi connectivity index (χ3v) is 15.7. The first-order chi connectivity index (χ1) is 27.8. The van der Waals surface area contributed by atoms with Crippen LogP contribution in [-0.4, -0.2) is 87.0 Å². The lowest BCUT2D eigenvalue weighted by Crippen LogP contribution is -2.51. The number of hydrogen-bond donors (Lipinski definition) is 1. The number of esters is 3. The molecule has 4 rings (SSSR count). The van der Waals surface area contributed by atoms with Crippen LogP contribution < -0.4 is 0 Å². The number of phosphoric acid groups is 1. The number of unbranched alkanes of at least 4 members (excludes halogenated alkanes) is 4. The van der Waals surface area contributed by atoms with Gasteiger partial charge in [-0.05, 0) is 97.7 Å². The van der Waals surface area contributed by atoms with Crippen LogP contribution in [0.1, 0.15) is 164 Å². The number of carbonyl (C=O) groups is 3. The summed E-state index contributed by atoms with van der Waals surface area (Å²) >= 11 is 0. The van der Waals surface area contributed by atoms with Gasteiger partial charge < -0.3 is 23.6 Å². The quantitative estimate of drug-likeness (QED) is 0.0236. The van der Waals surface area contributed by atoms with Crippen molar-refractivity contribution in [3.63, 3.8) is 0 Å². The highest BCUT2D eigenvalue weighted by Crippen LogP contribution is 2.67. The Morgan fingerprint density at radius 1 is 0.847 bits per heavy atom. The molecule has 0 radical (unpaired) electrons. The lowest BCUT2D eigenvalue weighted by atomic mass is 9.47. The van der Waals surface area contributed by atoms with Crippen molar-refractivity contribution < 1.29 is 51.6 Å². The Balaban J connectivity index is 1.26. The van der Waals surface area contributed by atoms with Gasteiger partial charge in [0.05, 0.1) is 40.6 Å². The van der Waals surface area contributed by atoms with Gasteiger partial charge in [-0.25, -0.2) is 4.57 Å². The minimum absolute atomic E-state index is 0.0198. The molecule has 1 N–H and O–H groups in total. The van der Waals surface area contributed by atoms with E-state index in [4.69, 9.17) is 23.3 Å². The first kappa shape index (κ1) is 49.9. The van der Waals surface area contributed by atoms with E-state index in [9.17, 15) is 23.8 Å². The number of nitrogens with zero attached hydrogens (tertiary/aromatic N) is 1. The molecule has 0 amide bonds. The molecule has 0 aromatic carbocycles. The van der Waals surface area contributed by atoms with E-state index >= 15 is 0 Å². The summed E-state index contributed by atoms with van der Waals surface area (Å²) in [5.41, 5.74) is 2.03. The highest BCUT2D eigenvalue weighted by Gasteiger charge is 2.59. The van der Waals surface area contributed by atoms with Crippen LogP contribution in [-0.2, 0) is 42.2 Å². The fourth-order valence-corrected chi connectivity index (χ4v) is 12.1. The molecular weight excluding hydrogens is 769 g/mol. The van der Waals surface area contributed by atoms with Crippen molar-refractivity contribution in [2.45, 2.75) is 176 Å².